The second-order valence-corrected chi connectivity index (χ2v) is 5.93. The van der Waals surface area contributed by atoms with Gasteiger partial charge in [-0.25, -0.2) is 0 Å². The van der Waals surface area contributed by atoms with E-state index in [4.69, 9.17) is 15.8 Å². The van der Waals surface area contributed by atoms with Crippen molar-refractivity contribution in [1.29, 1.82) is 0 Å². The highest BCUT2D eigenvalue weighted by Gasteiger charge is 2.08. The number of anilines is 1. The van der Waals surface area contributed by atoms with Crippen LogP contribution in [-0.2, 0) is 14.3 Å². The van der Waals surface area contributed by atoms with Gasteiger partial charge in [0.1, 0.15) is 6.29 Å². The van der Waals surface area contributed by atoms with Gasteiger partial charge < -0.3 is 4.90 Å². The lowest BCUT2D eigenvalue weighted by molar-refractivity contribution is 0.112. The second kappa shape index (κ2) is 7.47. The van der Waals surface area contributed by atoms with Gasteiger partial charge in [0.2, 0.25) is 0 Å². The van der Waals surface area contributed by atoms with Crippen LogP contribution in [0.15, 0.2) is 24.3 Å². The summed E-state index contributed by atoms with van der Waals surface area (Å²) in [5.74, 6) is 0.411. The lowest BCUT2D eigenvalue weighted by atomic mass is 10.2. The molecule has 0 aliphatic carbocycles. The molecule has 1 aromatic rings. The Kier molecular flexibility index (Phi) is 6.27. The molecule has 0 atom stereocenters. The van der Waals surface area contributed by atoms with Gasteiger partial charge in [-0.15, -0.1) is 11.6 Å². The molecule has 0 aliphatic rings. The summed E-state index contributed by atoms with van der Waals surface area (Å²) >= 11 is 5.72. The van der Waals surface area contributed by atoms with Gasteiger partial charge in [-0.2, -0.15) is 8.42 Å². The first-order chi connectivity index (χ1) is 8.96. The van der Waals surface area contributed by atoms with Crippen LogP contribution in [0.1, 0.15) is 10.4 Å². The van der Waals surface area contributed by atoms with Crippen molar-refractivity contribution in [3.05, 3.63) is 29.8 Å². The third-order valence-corrected chi connectivity index (χ3v) is 3.17. The largest absolute Gasteiger partial charge is 0.368 e. The van der Waals surface area contributed by atoms with Crippen LogP contribution in [0.3, 0.4) is 0 Å². The second-order valence-electron chi connectivity index (χ2n) is 3.91. The molecular weight excluding hydrogens is 290 g/mol. The summed E-state index contributed by atoms with van der Waals surface area (Å²) in [6.45, 7) is 1.03. The fourth-order valence-corrected chi connectivity index (χ4v) is 2.12. The van der Waals surface area contributed by atoms with Gasteiger partial charge in [0.15, 0.2) is 0 Å². The van der Waals surface area contributed by atoms with Crippen molar-refractivity contribution in [2.45, 2.75) is 0 Å². The Hall–Kier alpha value is -1.11. The van der Waals surface area contributed by atoms with E-state index < -0.39 is 10.1 Å². The van der Waals surface area contributed by atoms with Crippen LogP contribution in [0.4, 0.5) is 5.69 Å². The number of hydrogen-bond donors (Lipinski definition) is 0. The summed E-state index contributed by atoms with van der Waals surface area (Å²) < 4.78 is 26.5. The normalized spacial score (nSPS) is 11.3. The van der Waals surface area contributed by atoms with Crippen LogP contribution >= 0.6 is 11.6 Å². The lowest BCUT2D eigenvalue weighted by Gasteiger charge is -2.23. The van der Waals surface area contributed by atoms with Gasteiger partial charge in [0, 0.05) is 30.2 Å². The Bertz CT molecular complexity index is 501. The molecule has 1 aromatic carbocycles. The Morgan fingerprint density at radius 3 is 2.37 bits per heavy atom. The summed E-state index contributed by atoms with van der Waals surface area (Å²) in [6, 6.07) is 6.97. The van der Waals surface area contributed by atoms with Crippen molar-refractivity contribution in [2.75, 3.05) is 36.7 Å². The molecule has 0 radical (unpaired) electrons. The fraction of sp³-hybridized carbons (Fsp3) is 0.417. The van der Waals surface area contributed by atoms with E-state index in [9.17, 15) is 13.2 Å². The molecule has 19 heavy (non-hydrogen) atoms. The Labute approximate surface area is 118 Å². The third kappa shape index (κ3) is 6.04. The average molecular weight is 306 g/mol. The number of benzene rings is 1. The molecule has 0 saturated carbocycles. The third-order valence-electron chi connectivity index (χ3n) is 2.41. The Morgan fingerprint density at radius 2 is 1.89 bits per heavy atom. The quantitative estimate of drug-likeness (QED) is 0.414. The highest BCUT2D eigenvalue weighted by atomic mass is 35.5. The molecule has 0 aromatic heterocycles. The van der Waals surface area contributed by atoms with Gasteiger partial charge in [0.05, 0.1) is 12.9 Å². The highest BCUT2D eigenvalue weighted by Crippen LogP contribution is 2.14. The van der Waals surface area contributed by atoms with E-state index in [0.717, 1.165) is 18.2 Å². The van der Waals surface area contributed by atoms with E-state index in [0.29, 0.717) is 24.5 Å². The Morgan fingerprint density at radius 1 is 1.26 bits per heavy atom. The number of nitrogens with zero attached hydrogens (tertiary/aromatic N) is 1. The van der Waals surface area contributed by atoms with Crippen LogP contribution in [0.25, 0.3) is 0 Å². The van der Waals surface area contributed by atoms with Crippen molar-refractivity contribution >= 4 is 33.7 Å². The van der Waals surface area contributed by atoms with E-state index in [1.165, 1.54) is 0 Å². The van der Waals surface area contributed by atoms with E-state index in [-0.39, 0.29) is 6.61 Å². The summed E-state index contributed by atoms with van der Waals surface area (Å²) in [6.07, 6.45) is 1.78. The molecule has 1 rings (SSSR count). The molecule has 0 amide bonds. The molecule has 0 spiro atoms. The highest BCUT2D eigenvalue weighted by molar-refractivity contribution is 7.85. The van der Waals surface area contributed by atoms with Gasteiger partial charge in [0.25, 0.3) is 10.1 Å². The maximum absolute atomic E-state index is 10.9. The summed E-state index contributed by atoms with van der Waals surface area (Å²) in [5, 5.41) is 0. The first-order valence-corrected chi connectivity index (χ1v) is 8.02. The maximum atomic E-state index is 10.9. The summed E-state index contributed by atoms with van der Waals surface area (Å²) in [4.78, 5) is 12.5. The van der Waals surface area contributed by atoms with E-state index >= 15 is 0 Å². The van der Waals surface area contributed by atoms with Crippen molar-refractivity contribution in [2.24, 2.45) is 0 Å². The number of alkyl halides is 1. The molecule has 5 nitrogen and oxygen atoms in total. The lowest BCUT2D eigenvalue weighted by Crippen LogP contribution is -2.30. The molecule has 0 saturated heterocycles. The smallest absolute Gasteiger partial charge is 0.264 e. The minimum Gasteiger partial charge on any atom is -0.368 e. The maximum Gasteiger partial charge on any atom is 0.264 e. The van der Waals surface area contributed by atoms with Crippen LogP contribution in [-0.4, -0.2) is 46.5 Å². The van der Waals surface area contributed by atoms with Crippen LogP contribution in [0.2, 0.25) is 0 Å². The predicted molar refractivity (Wildman–Crippen MR) is 75.6 cm³/mol. The van der Waals surface area contributed by atoms with Gasteiger partial charge in [-0.1, -0.05) is 0 Å². The van der Waals surface area contributed by atoms with Gasteiger partial charge >= 0.3 is 0 Å². The summed E-state index contributed by atoms with van der Waals surface area (Å²) in [7, 11) is -3.43. The standard InChI is InChI=1S/C12H16ClNO4S/c1-19(16,17)18-9-8-14(7-6-13)12-4-2-11(10-15)3-5-12/h2-5,10H,6-9H2,1H3. The number of halogens is 1. The monoisotopic (exact) mass is 305 g/mol. The molecule has 7 heteroatoms. The number of aldehydes is 1. The first kappa shape index (κ1) is 15.9. The minimum absolute atomic E-state index is 0.0607. The van der Waals surface area contributed by atoms with Crippen LogP contribution in [0.5, 0.6) is 0 Å². The van der Waals surface area contributed by atoms with Gasteiger partial charge in [-0.05, 0) is 24.3 Å². The molecule has 0 heterocycles. The number of rotatable bonds is 8. The topological polar surface area (TPSA) is 63.7 Å². The minimum atomic E-state index is -3.43. The number of hydrogen-bond acceptors (Lipinski definition) is 5. The van der Waals surface area contributed by atoms with E-state index in [1.807, 2.05) is 4.90 Å². The van der Waals surface area contributed by atoms with Crippen molar-refractivity contribution < 1.29 is 17.4 Å². The number of carbonyl (C=O) groups is 1. The molecule has 0 unspecified atom stereocenters. The number of carbonyl (C=O) groups excluding carboxylic acids is 1. The molecule has 0 aliphatic heterocycles. The molecule has 106 valence electrons. The Balaban J connectivity index is 2.67. The zero-order valence-corrected chi connectivity index (χ0v) is 12.2. The van der Waals surface area contributed by atoms with Crippen LogP contribution < -0.4 is 4.90 Å². The predicted octanol–water partition coefficient (Wildman–Crippen LogP) is 1.52. The fourth-order valence-electron chi connectivity index (χ4n) is 1.53. The van der Waals surface area contributed by atoms with Crippen LogP contribution in [0, 0.1) is 0 Å². The molecule has 0 fully saturated rings. The summed E-state index contributed by atoms with van der Waals surface area (Å²) in [5.41, 5.74) is 1.45. The zero-order valence-electron chi connectivity index (χ0n) is 10.6. The van der Waals surface area contributed by atoms with E-state index in [1.54, 1.807) is 24.3 Å². The van der Waals surface area contributed by atoms with E-state index in [2.05, 4.69) is 0 Å². The first-order valence-electron chi connectivity index (χ1n) is 5.67. The van der Waals surface area contributed by atoms with Crippen molar-refractivity contribution in [1.82, 2.24) is 0 Å². The SMILES string of the molecule is CS(=O)(=O)OCCN(CCCl)c1ccc(C=O)cc1. The molecular formula is C12H16ClNO4S. The average Bonchev–Trinajstić information content (AvgIpc) is 2.36. The molecule has 0 N–H and O–H groups in total. The molecule has 0 bridgehead atoms. The van der Waals surface area contributed by atoms with Gasteiger partial charge in [-0.3, -0.25) is 8.98 Å². The van der Waals surface area contributed by atoms with Crippen molar-refractivity contribution in [3.8, 4) is 0 Å². The van der Waals surface area contributed by atoms with Crippen molar-refractivity contribution in [3.63, 3.8) is 0 Å². The zero-order chi connectivity index (χ0) is 14.3.